The molecule has 11 heteroatoms. The van der Waals surface area contributed by atoms with E-state index in [0.717, 1.165) is 36.4 Å². The zero-order chi connectivity index (χ0) is 35.8. The van der Waals surface area contributed by atoms with Crippen LogP contribution in [0.5, 0.6) is 0 Å². The van der Waals surface area contributed by atoms with E-state index in [9.17, 15) is 9.59 Å². The van der Waals surface area contributed by atoms with Crippen LogP contribution in [0.3, 0.4) is 0 Å². The summed E-state index contributed by atoms with van der Waals surface area (Å²) in [6.07, 6.45) is 4.75. The maximum atomic E-state index is 13.0. The second-order valence-corrected chi connectivity index (χ2v) is 17.1. The van der Waals surface area contributed by atoms with E-state index < -0.39 is 0 Å². The fourth-order valence-electron chi connectivity index (χ4n) is 6.15. The summed E-state index contributed by atoms with van der Waals surface area (Å²) in [5.74, 6) is 1.92. The number of hydrogen-bond acceptors (Lipinski definition) is 9. The van der Waals surface area contributed by atoms with Gasteiger partial charge in [0.05, 0.1) is 0 Å². The molecule has 0 bridgehead atoms. The number of benzene rings is 2. The van der Waals surface area contributed by atoms with Crippen LogP contribution in [0.25, 0.3) is 0 Å². The zero-order valence-corrected chi connectivity index (χ0v) is 31.5. The van der Waals surface area contributed by atoms with E-state index in [1.165, 1.54) is 0 Å². The first kappa shape index (κ1) is 38.6. The quantitative estimate of drug-likeness (QED) is 0.101. The minimum atomic E-state index is -0.338. The van der Waals surface area contributed by atoms with Gasteiger partial charge >= 0.3 is 0 Å². The van der Waals surface area contributed by atoms with E-state index in [2.05, 4.69) is 89.3 Å². The lowest BCUT2D eigenvalue weighted by molar-refractivity contribution is 0.0881. The fourth-order valence-corrected chi connectivity index (χ4v) is 6.58. The highest BCUT2D eigenvalue weighted by molar-refractivity contribution is 7.98. The molecule has 0 aliphatic rings. The Kier molecular flexibility index (Phi) is 12.9. The van der Waals surface area contributed by atoms with Crippen LogP contribution in [0, 0.1) is 10.8 Å². The normalized spacial score (nSPS) is 12.3. The topological polar surface area (TPSA) is 133 Å². The van der Waals surface area contributed by atoms with Crippen molar-refractivity contribution in [2.75, 3.05) is 34.5 Å². The van der Waals surface area contributed by atoms with Gasteiger partial charge in [0.15, 0.2) is 0 Å². The van der Waals surface area contributed by atoms with Gasteiger partial charge in [-0.1, -0.05) is 41.5 Å². The molecule has 1 aromatic heterocycles. The Hall–Kier alpha value is -3.86. The lowest BCUT2D eigenvalue weighted by Crippen LogP contribution is -2.45. The molecule has 0 aliphatic carbocycles. The summed E-state index contributed by atoms with van der Waals surface area (Å²) >= 11 is 1.79. The van der Waals surface area contributed by atoms with E-state index in [-0.39, 0.29) is 33.7 Å². The van der Waals surface area contributed by atoms with E-state index in [0.29, 0.717) is 35.5 Å². The molecule has 0 aliphatic heterocycles. The van der Waals surface area contributed by atoms with Gasteiger partial charge in [0.25, 0.3) is 11.8 Å². The number of hydrogen-bond donors (Lipinski definition) is 5. The molecule has 0 saturated carbocycles. The number of nitrogens with one attached hydrogen (secondary N) is 5. The Labute approximate surface area is 291 Å². The predicted octanol–water partition coefficient (Wildman–Crippen LogP) is 8.41. The predicted molar refractivity (Wildman–Crippen MR) is 202 cm³/mol. The van der Waals surface area contributed by atoms with Crippen LogP contribution in [0.15, 0.2) is 48.5 Å². The largest absolute Gasteiger partial charge is 0.354 e. The molecular formula is C37H56N8O2S. The molecule has 2 aromatic carbocycles. The number of rotatable bonds is 15. The number of carbonyl (C=O) groups excluding carboxylic acids is 2. The highest BCUT2D eigenvalue weighted by Gasteiger charge is 2.28. The number of thioether (sulfide) groups is 1. The molecule has 0 radical (unpaired) electrons. The summed E-state index contributed by atoms with van der Waals surface area (Å²) in [7, 11) is 0. The van der Waals surface area contributed by atoms with Gasteiger partial charge in [-0.05, 0) is 118 Å². The first-order chi connectivity index (χ1) is 22.2. The molecule has 0 saturated heterocycles. The van der Waals surface area contributed by atoms with Crippen molar-refractivity contribution >= 4 is 52.8 Å². The van der Waals surface area contributed by atoms with Crippen LogP contribution >= 0.6 is 11.8 Å². The first-order valence-corrected chi connectivity index (χ1v) is 18.0. The molecule has 262 valence electrons. The van der Waals surface area contributed by atoms with Gasteiger partial charge in [-0.3, -0.25) is 9.59 Å². The van der Waals surface area contributed by atoms with Gasteiger partial charge in [-0.2, -0.15) is 26.7 Å². The average Bonchev–Trinajstić information content (AvgIpc) is 2.93. The molecule has 3 rings (SSSR count). The van der Waals surface area contributed by atoms with Crippen molar-refractivity contribution in [3.05, 3.63) is 59.7 Å². The number of nitrogens with zero attached hydrogens (tertiary/aromatic N) is 3. The SMILES string of the molecule is CSCCCNc1nc(Nc2ccc(C(=O)NC(C)(C)CC(C)(C)C)cc2)nc(Nc2ccc(C(=O)NC(C)(C)CC(C)(C)C)cc2)n1. The van der Waals surface area contributed by atoms with Crippen LogP contribution in [-0.4, -0.2) is 56.4 Å². The average molecular weight is 677 g/mol. The van der Waals surface area contributed by atoms with E-state index >= 15 is 0 Å². The molecule has 48 heavy (non-hydrogen) atoms. The minimum Gasteiger partial charge on any atom is -0.354 e. The third kappa shape index (κ3) is 13.7. The summed E-state index contributed by atoms with van der Waals surface area (Å²) in [5, 5.41) is 16.1. The second kappa shape index (κ2) is 16.0. The Bertz CT molecular complexity index is 1400. The Morgan fingerprint density at radius 3 is 1.33 bits per heavy atom. The molecule has 0 atom stereocenters. The molecule has 10 nitrogen and oxygen atoms in total. The van der Waals surface area contributed by atoms with Gasteiger partial charge in [-0.15, -0.1) is 0 Å². The number of amides is 2. The number of aromatic nitrogens is 3. The Morgan fingerprint density at radius 2 is 0.979 bits per heavy atom. The van der Waals surface area contributed by atoms with Crippen molar-refractivity contribution in [2.45, 2.75) is 99.6 Å². The molecule has 0 spiro atoms. The van der Waals surface area contributed by atoms with E-state index in [1.54, 1.807) is 36.0 Å². The summed E-state index contributed by atoms with van der Waals surface area (Å²) < 4.78 is 0. The molecule has 0 fully saturated rings. The Balaban J connectivity index is 1.74. The number of anilines is 5. The minimum absolute atomic E-state index is 0.0919. The van der Waals surface area contributed by atoms with Crippen LogP contribution in [0.4, 0.5) is 29.2 Å². The first-order valence-electron chi connectivity index (χ1n) is 16.6. The van der Waals surface area contributed by atoms with Gasteiger partial charge in [0.2, 0.25) is 17.8 Å². The van der Waals surface area contributed by atoms with E-state index in [4.69, 9.17) is 0 Å². The van der Waals surface area contributed by atoms with Crippen LogP contribution in [-0.2, 0) is 0 Å². The maximum Gasteiger partial charge on any atom is 0.251 e. The van der Waals surface area contributed by atoms with Gasteiger partial charge in [-0.25, -0.2) is 0 Å². The molecule has 3 aromatic rings. The molecule has 1 heterocycles. The van der Waals surface area contributed by atoms with Gasteiger partial charge in [0.1, 0.15) is 0 Å². The van der Waals surface area contributed by atoms with E-state index in [1.807, 2.05) is 52.0 Å². The smallest absolute Gasteiger partial charge is 0.251 e. The van der Waals surface area contributed by atoms with Gasteiger partial charge < -0.3 is 26.6 Å². The van der Waals surface area contributed by atoms with Crippen molar-refractivity contribution < 1.29 is 9.59 Å². The molecule has 0 unspecified atom stereocenters. The highest BCUT2D eigenvalue weighted by Crippen LogP contribution is 2.28. The summed E-state index contributed by atoms with van der Waals surface area (Å²) in [4.78, 5) is 39.7. The van der Waals surface area contributed by atoms with Crippen LogP contribution < -0.4 is 26.6 Å². The number of carbonyl (C=O) groups is 2. The van der Waals surface area contributed by atoms with Crippen molar-refractivity contribution in [1.82, 2.24) is 25.6 Å². The summed E-state index contributed by atoms with van der Waals surface area (Å²) in [5.41, 5.74) is 2.12. The summed E-state index contributed by atoms with van der Waals surface area (Å²) in [6, 6.07) is 14.5. The third-order valence-corrected chi connectivity index (χ3v) is 7.80. The van der Waals surface area contributed by atoms with Crippen molar-refractivity contribution in [3.8, 4) is 0 Å². The third-order valence-electron chi connectivity index (χ3n) is 7.10. The van der Waals surface area contributed by atoms with Crippen molar-refractivity contribution in [2.24, 2.45) is 10.8 Å². The lowest BCUT2D eigenvalue weighted by atomic mass is 9.81. The lowest BCUT2D eigenvalue weighted by Gasteiger charge is -2.33. The maximum absolute atomic E-state index is 13.0. The second-order valence-electron chi connectivity index (χ2n) is 16.1. The fraction of sp³-hybridized carbons (Fsp3) is 0.541. The van der Waals surface area contributed by atoms with Crippen molar-refractivity contribution in [1.29, 1.82) is 0 Å². The molecule has 2 amide bonds. The van der Waals surface area contributed by atoms with Crippen LogP contribution in [0.2, 0.25) is 0 Å². The van der Waals surface area contributed by atoms with Crippen LogP contribution in [0.1, 0.15) is 109 Å². The summed E-state index contributed by atoms with van der Waals surface area (Å²) in [6.45, 7) is 21.9. The molecular weight excluding hydrogens is 621 g/mol. The zero-order valence-electron chi connectivity index (χ0n) is 30.7. The monoisotopic (exact) mass is 676 g/mol. The standard InChI is InChI=1S/C37H56N8O2S/c1-34(2,3)23-36(7,8)44-29(46)25-13-17-27(18-14-25)39-32-41-31(38-21-12-22-48-11)42-33(43-32)40-28-19-15-26(16-20-28)30(47)45-37(9,10)24-35(4,5)6/h13-20H,12,21-24H2,1-11H3,(H,44,46)(H,45,47)(H3,38,39,40,41,42,43). The molecule has 5 N–H and O–H groups in total. The Morgan fingerprint density at radius 1 is 0.604 bits per heavy atom. The van der Waals surface area contributed by atoms with Gasteiger partial charge in [0, 0.05) is 40.1 Å². The highest BCUT2D eigenvalue weighted by atomic mass is 32.2. The van der Waals surface area contributed by atoms with Crippen molar-refractivity contribution in [3.63, 3.8) is 0 Å².